The molecule has 3 nitrogen and oxygen atoms in total. The molecule has 1 unspecified atom stereocenters. The minimum Gasteiger partial charge on any atom is -0.352 e. The smallest absolute Gasteiger partial charge is 0.221 e. The zero-order valence-corrected chi connectivity index (χ0v) is 10.1. The van der Waals surface area contributed by atoms with E-state index in [1.165, 1.54) is 12.8 Å². The van der Waals surface area contributed by atoms with Gasteiger partial charge in [0.2, 0.25) is 5.91 Å². The molecule has 0 aliphatic carbocycles. The Morgan fingerprint density at radius 2 is 2.12 bits per heavy atom. The summed E-state index contributed by atoms with van der Waals surface area (Å²) < 4.78 is 0. The van der Waals surface area contributed by atoms with Crippen LogP contribution in [-0.4, -0.2) is 18.5 Å². The molecule has 0 radical (unpaired) electrons. The SMILES string of the molecule is O=C(CC1CCCCN1)NCc1ccccc1. The van der Waals surface area contributed by atoms with E-state index >= 15 is 0 Å². The molecule has 0 aromatic heterocycles. The Labute approximate surface area is 103 Å². The van der Waals surface area contributed by atoms with Crippen molar-refractivity contribution in [2.45, 2.75) is 38.3 Å². The van der Waals surface area contributed by atoms with Gasteiger partial charge in [-0.2, -0.15) is 0 Å². The highest BCUT2D eigenvalue weighted by Crippen LogP contribution is 2.09. The molecule has 1 amide bonds. The number of carbonyl (C=O) groups excluding carboxylic acids is 1. The molecule has 2 N–H and O–H groups in total. The quantitative estimate of drug-likeness (QED) is 0.831. The highest BCUT2D eigenvalue weighted by Gasteiger charge is 2.15. The maximum Gasteiger partial charge on any atom is 0.221 e. The first-order chi connectivity index (χ1) is 8.34. The van der Waals surface area contributed by atoms with Crippen molar-refractivity contribution in [2.75, 3.05) is 6.54 Å². The van der Waals surface area contributed by atoms with Crippen molar-refractivity contribution in [2.24, 2.45) is 0 Å². The number of amides is 1. The van der Waals surface area contributed by atoms with E-state index in [4.69, 9.17) is 0 Å². The minimum atomic E-state index is 0.147. The summed E-state index contributed by atoms with van der Waals surface area (Å²) in [6.45, 7) is 1.68. The molecule has 0 saturated carbocycles. The molecule has 17 heavy (non-hydrogen) atoms. The van der Waals surface area contributed by atoms with Crippen LogP contribution >= 0.6 is 0 Å². The zero-order valence-electron chi connectivity index (χ0n) is 10.1. The second-order valence-corrected chi connectivity index (χ2v) is 4.61. The molecule has 2 rings (SSSR count). The summed E-state index contributed by atoms with van der Waals surface area (Å²) >= 11 is 0. The predicted octanol–water partition coefficient (Wildman–Crippen LogP) is 1.83. The Morgan fingerprint density at radius 1 is 1.29 bits per heavy atom. The van der Waals surface area contributed by atoms with E-state index in [9.17, 15) is 4.79 Å². The van der Waals surface area contributed by atoms with Gasteiger partial charge in [0, 0.05) is 19.0 Å². The van der Waals surface area contributed by atoms with Gasteiger partial charge in [0.05, 0.1) is 0 Å². The van der Waals surface area contributed by atoms with Crippen LogP contribution in [0.25, 0.3) is 0 Å². The molecule has 0 spiro atoms. The summed E-state index contributed by atoms with van der Waals surface area (Å²) in [4.78, 5) is 11.7. The standard InChI is InChI=1S/C14H20N2O/c17-14(10-13-8-4-5-9-15-13)16-11-12-6-2-1-3-7-12/h1-3,6-7,13,15H,4-5,8-11H2,(H,16,17). The fraction of sp³-hybridized carbons (Fsp3) is 0.500. The van der Waals surface area contributed by atoms with Gasteiger partial charge < -0.3 is 10.6 Å². The predicted molar refractivity (Wildman–Crippen MR) is 68.5 cm³/mol. The fourth-order valence-corrected chi connectivity index (χ4v) is 2.19. The Kier molecular flexibility index (Phi) is 4.56. The molecule has 1 aliphatic heterocycles. The molecule has 92 valence electrons. The van der Waals surface area contributed by atoms with Crippen LogP contribution in [0.5, 0.6) is 0 Å². The second-order valence-electron chi connectivity index (χ2n) is 4.61. The van der Waals surface area contributed by atoms with Crippen LogP contribution in [0, 0.1) is 0 Å². The Morgan fingerprint density at radius 3 is 2.82 bits per heavy atom. The summed E-state index contributed by atoms with van der Waals surface area (Å²) in [6.07, 6.45) is 4.21. The van der Waals surface area contributed by atoms with E-state index in [2.05, 4.69) is 10.6 Å². The summed E-state index contributed by atoms with van der Waals surface area (Å²) in [7, 11) is 0. The van der Waals surface area contributed by atoms with Crippen LogP contribution in [0.3, 0.4) is 0 Å². The van der Waals surface area contributed by atoms with Gasteiger partial charge in [0.1, 0.15) is 0 Å². The van der Waals surface area contributed by atoms with E-state index in [1.54, 1.807) is 0 Å². The first-order valence-corrected chi connectivity index (χ1v) is 6.38. The van der Waals surface area contributed by atoms with Crippen molar-refractivity contribution in [1.82, 2.24) is 10.6 Å². The summed E-state index contributed by atoms with van der Waals surface area (Å²) in [5.74, 6) is 0.147. The number of hydrogen-bond donors (Lipinski definition) is 2. The topological polar surface area (TPSA) is 41.1 Å². The molecule has 1 aromatic carbocycles. The minimum absolute atomic E-state index is 0.147. The summed E-state index contributed by atoms with van der Waals surface area (Å²) in [5.41, 5.74) is 1.15. The molecule has 1 aliphatic rings. The molecule has 1 atom stereocenters. The largest absolute Gasteiger partial charge is 0.352 e. The third kappa shape index (κ3) is 4.19. The van der Waals surface area contributed by atoms with E-state index < -0.39 is 0 Å². The molecule has 1 aromatic rings. The average molecular weight is 232 g/mol. The average Bonchev–Trinajstić information content (AvgIpc) is 2.39. The van der Waals surface area contributed by atoms with Crippen LogP contribution in [0.4, 0.5) is 0 Å². The lowest BCUT2D eigenvalue weighted by atomic mass is 10.0. The molecule has 1 fully saturated rings. The van der Waals surface area contributed by atoms with Crippen molar-refractivity contribution >= 4 is 5.91 Å². The Bertz CT molecular complexity index is 344. The first kappa shape index (κ1) is 12.1. The van der Waals surface area contributed by atoms with Crippen molar-refractivity contribution in [3.63, 3.8) is 0 Å². The molecule has 1 saturated heterocycles. The van der Waals surface area contributed by atoms with Gasteiger partial charge in [-0.1, -0.05) is 36.8 Å². The number of hydrogen-bond acceptors (Lipinski definition) is 2. The highest BCUT2D eigenvalue weighted by molar-refractivity contribution is 5.76. The number of rotatable bonds is 4. The second kappa shape index (κ2) is 6.40. The number of nitrogens with one attached hydrogen (secondary N) is 2. The number of benzene rings is 1. The number of carbonyl (C=O) groups is 1. The Balaban J connectivity index is 1.70. The van der Waals surface area contributed by atoms with Gasteiger partial charge >= 0.3 is 0 Å². The van der Waals surface area contributed by atoms with Crippen molar-refractivity contribution in [3.05, 3.63) is 35.9 Å². The van der Waals surface area contributed by atoms with Gasteiger partial charge in [-0.05, 0) is 24.9 Å². The Hall–Kier alpha value is -1.35. The summed E-state index contributed by atoms with van der Waals surface area (Å²) in [6, 6.07) is 10.4. The third-order valence-corrected chi connectivity index (χ3v) is 3.18. The van der Waals surface area contributed by atoms with Gasteiger partial charge in [0.25, 0.3) is 0 Å². The van der Waals surface area contributed by atoms with E-state index in [-0.39, 0.29) is 5.91 Å². The lowest BCUT2D eigenvalue weighted by molar-refractivity contribution is -0.121. The van der Waals surface area contributed by atoms with Crippen molar-refractivity contribution in [1.29, 1.82) is 0 Å². The van der Waals surface area contributed by atoms with E-state index in [0.29, 0.717) is 19.0 Å². The molecule has 0 bridgehead atoms. The molecule has 3 heteroatoms. The third-order valence-electron chi connectivity index (χ3n) is 3.18. The lowest BCUT2D eigenvalue weighted by Crippen LogP contribution is -2.38. The first-order valence-electron chi connectivity index (χ1n) is 6.38. The van der Waals surface area contributed by atoms with E-state index in [0.717, 1.165) is 18.5 Å². The lowest BCUT2D eigenvalue weighted by Gasteiger charge is -2.22. The highest BCUT2D eigenvalue weighted by atomic mass is 16.1. The van der Waals surface area contributed by atoms with Crippen LogP contribution in [-0.2, 0) is 11.3 Å². The maximum atomic E-state index is 11.7. The van der Waals surface area contributed by atoms with Gasteiger partial charge in [0.15, 0.2) is 0 Å². The fourth-order valence-electron chi connectivity index (χ4n) is 2.19. The van der Waals surface area contributed by atoms with Crippen LogP contribution < -0.4 is 10.6 Å². The van der Waals surface area contributed by atoms with Gasteiger partial charge in [-0.25, -0.2) is 0 Å². The van der Waals surface area contributed by atoms with Crippen LogP contribution in [0.15, 0.2) is 30.3 Å². The van der Waals surface area contributed by atoms with Crippen LogP contribution in [0.1, 0.15) is 31.2 Å². The maximum absolute atomic E-state index is 11.7. The molecular formula is C14H20N2O. The summed E-state index contributed by atoms with van der Waals surface area (Å²) in [5, 5.41) is 6.35. The van der Waals surface area contributed by atoms with Crippen LogP contribution in [0.2, 0.25) is 0 Å². The zero-order chi connectivity index (χ0) is 11.9. The molecule has 1 heterocycles. The van der Waals surface area contributed by atoms with Gasteiger partial charge in [-0.3, -0.25) is 4.79 Å². The van der Waals surface area contributed by atoms with Crippen molar-refractivity contribution < 1.29 is 4.79 Å². The molecular weight excluding hydrogens is 212 g/mol. The normalized spacial score (nSPS) is 19.9. The van der Waals surface area contributed by atoms with Gasteiger partial charge in [-0.15, -0.1) is 0 Å². The number of piperidine rings is 1. The van der Waals surface area contributed by atoms with Crippen molar-refractivity contribution in [3.8, 4) is 0 Å². The monoisotopic (exact) mass is 232 g/mol. The van der Waals surface area contributed by atoms with E-state index in [1.807, 2.05) is 30.3 Å².